The third kappa shape index (κ3) is 2.41. The van der Waals surface area contributed by atoms with Crippen LogP contribution in [0.5, 0.6) is 0 Å². The van der Waals surface area contributed by atoms with Crippen LogP contribution in [-0.2, 0) is 0 Å². The van der Waals surface area contributed by atoms with E-state index < -0.39 is 0 Å². The average molecular weight is 246 g/mol. The predicted octanol–water partition coefficient (Wildman–Crippen LogP) is 2.24. The van der Waals surface area contributed by atoms with Crippen LogP contribution in [0.4, 0.5) is 0 Å². The highest BCUT2D eigenvalue weighted by molar-refractivity contribution is 5.94. The van der Waals surface area contributed by atoms with E-state index in [2.05, 4.69) is 19.0 Å². The van der Waals surface area contributed by atoms with Gasteiger partial charge in [0.25, 0.3) is 5.91 Å². The van der Waals surface area contributed by atoms with Crippen molar-refractivity contribution < 1.29 is 4.79 Å². The Morgan fingerprint density at radius 2 is 1.78 bits per heavy atom. The normalized spacial score (nSPS) is 17.3. The van der Waals surface area contributed by atoms with Crippen molar-refractivity contribution in [2.75, 3.05) is 27.7 Å². The third-order valence-electron chi connectivity index (χ3n) is 4.13. The monoisotopic (exact) mass is 246 g/mol. The molecule has 1 aliphatic carbocycles. The lowest BCUT2D eigenvalue weighted by molar-refractivity contribution is 0.0252. The van der Waals surface area contributed by atoms with Gasteiger partial charge in [-0.2, -0.15) is 0 Å². The summed E-state index contributed by atoms with van der Waals surface area (Å²) in [6.07, 6.45) is 3.64. The summed E-state index contributed by atoms with van der Waals surface area (Å²) < 4.78 is 0. The Hall–Kier alpha value is -1.35. The van der Waals surface area contributed by atoms with E-state index in [9.17, 15) is 4.79 Å². The Labute approximate surface area is 109 Å². The van der Waals surface area contributed by atoms with Crippen LogP contribution in [0.2, 0.25) is 0 Å². The largest absolute Gasteiger partial charge is 0.340 e. The maximum absolute atomic E-state index is 12.3. The van der Waals surface area contributed by atoms with Crippen LogP contribution in [-0.4, -0.2) is 48.9 Å². The fourth-order valence-electron chi connectivity index (χ4n) is 2.65. The lowest BCUT2D eigenvalue weighted by Gasteiger charge is -2.49. The fourth-order valence-corrected chi connectivity index (χ4v) is 2.65. The predicted molar refractivity (Wildman–Crippen MR) is 73.7 cm³/mol. The van der Waals surface area contributed by atoms with Gasteiger partial charge >= 0.3 is 0 Å². The highest BCUT2D eigenvalue weighted by Gasteiger charge is 2.40. The lowest BCUT2D eigenvalue weighted by Crippen LogP contribution is -2.57. The van der Waals surface area contributed by atoms with Crippen molar-refractivity contribution in [3.63, 3.8) is 0 Å². The molecule has 1 aromatic carbocycles. The molecule has 0 aromatic heterocycles. The topological polar surface area (TPSA) is 23.6 Å². The molecule has 0 saturated heterocycles. The van der Waals surface area contributed by atoms with Crippen molar-refractivity contribution in [1.82, 2.24) is 9.80 Å². The van der Waals surface area contributed by atoms with Gasteiger partial charge in [0, 0.05) is 24.7 Å². The van der Waals surface area contributed by atoms with Crippen LogP contribution in [0.3, 0.4) is 0 Å². The second-order valence-electron chi connectivity index (χ2n) is 5.50. The van der Waals surface area contributed by atoms with Crippen LogP contribution >= 0.6 is 0 Å². The molecule has 3 heteroatoms. The Kier molecular flexibility index (Phi) is 3.71. The molecule has 2 rings (SSSR count). The molecule has 3 nitrogen and oxygen atoms in total. The van der Waals surface area contributed by atoms with Gasteiger partial charge < -0.3 is 9.80 Å². The van der Waals surface area contributed by atoms with E-state index in [1.807, 2.05) is 42.3 Å². The van der Waals surface area contributed by atoms with Crippen LogP contribution in [0, 0.1) is 0 Å². The first kappa shape index (κ1) is 13.1. The maximum Gasteiger partial charge on any atom is 0.253 e. The van der Waals surface area contributed by atoms with Crippen LogP contribution in [0.1, 0.15) is 29.6 Å². The number of amides is 1. The summed E-state index contributed by atoms with van der Waals surface area (Å²) in [5.74, 6) is 0.115. The molecule has 0 N–H and O–H groups in total. The molecule has 0 spiro atoms. The van der Waals surface area contributed by atoms with E-state index >= 15 is 0 Å². The Morgan fingerprint density at radius 1 is 1.17 bits per heavy atom. The number of likely N-dealkylation sites (N-methyl/N-ethyl adjacent to an activating group) is 2. The molecule has 98 valence electrons. The second kappa shape index (κ2) is 5.11. The molecular weight excluding hydrogens is 224 g/mol. The van der Waals surface area contributed by atoms with E-state index in [0.29, 0.717) is 0 Å². The van der Waals surface area contributed by atoms with Gasteiger partial charge in [-0.3, -0.25) is 4.79 Å². The molecular formula is C15H22N2O. The average Bonchev–Trinajstić information content (AvgIpc) is 2.33. The van der Waals surface area contributed by atoms with Crippen molar-refractivity contribution in [2.45, 2.75) is 24.8 Å². The number of nitrogens with zero attached hydrogens (tertiary/aromatic N) is 2. The molecule has 18 heavy (non-hydrogen) atoms. The van der Waals surface area contributed by atoms with Crippen molar-refractivity contribution in [3.8, 4) is 0 Å². The standard InChI is InChI=1S/C15H22N2O/c1-16(2)15(10-7-11-15)12-17(3)14(18)13-8-5-4-6-9-13/h4-6,8-9H,7,10-12H2,1-3H3. The third-order valence-corrected chi connectivity index (χ3v) is 4.13. The summed E-state index contributed by atoms with van der Waals surface area (Å²) in [4.78, 5) is 16.4. The van der Waals surface area contributed by atoms with Crippen LogP contribution in [0.25, 0.3) is 0 Å². The van der Waals surface area contributed by atoms with Gasteiger partial charge in [0.05, 0.1) is 0 Å². The summed E-state index contributed by atoms with van der Waals surface area (Å²) in [5.41, 5.74) is 0.965. The molecule has 1 amide bonds. The van der Waals surface area contributed by atoms with Crippen molar-refractivity contribution in [3.05, 3.63) is 35.9 Å². The van der Waals surface area contributed by atoms with Gasteiger partial charge in [0.1, 0.15) is 0 Å². The zero-order chi connectivity index (χ0) is 13.2. The molecule has 1 saturated carbocycles. The molecule has 1 aliphatic rings. The highest BCUT2D eigenvalue weighted by atomic mass is 16.2. The number of rotatable bonds is 4. The number of hydrogen-bond acceptors (Lipinski definition) is 2. The maximum atomic E-state index is 12.3. The molecule has 1 aromatic rings. The Balaban J connectivity index is 2.04. The van der Waals surface area contributed by atoms with Gasteiger partial charge in [0.15, 0.2) is 0 Å². The van der Waals surface area contributed by atoms with Gasteiger partial charge in [-0.15, -0.1) is 0 Å². The number of carbonyl (C=O) groups excluding carboxylic acids is 1. The quantitative estimate of drug-likeness (QED) is 0.813. The first-order chi connectivity index (χ1) is 8.55. The molecule has 0 unspecified atom stereocenters. The van der Waals surface area contributed by atoms with Crippen molar-refractivity contribution >= 4 is 5.91 Å². The van der Waals surface area contributed by atoms with Gasteiger partial charge in [-0.1, -0.05) is 18.2 Å². The van der Waals surface area contributed by atoms with Crippen LogP contribution in [0.15, 0.2) is 30.3 Å². The molecule has 0 bridgehead atoms. The van der Waals surface area contributed by atoms with Crippen molar-refractivity contribution in [2.24, 2.45) is 0 Å². The molecule has 0 radical (unpaired) electrons. The second-order valence-corrected chi connectivity index (χ2v) is 5.50. The minimum atomic E-state index is 0.115. The summed E-state index contributed by atoms with van der Waals surface area (Å²) >= 11 is 0. The first-order valence-electron chi connectivity index (χ1n) is 6.53. The number of benzene rings is 1. The Morgan fingerprint density at radius 3 is 2.22 bits per heavy atom. The van der Waals surface area contributed by atoms with Crippen molar-refractivity contribution in [1.29, 1.82) is 0 Å². The minimum Gasteiger partial charge on any atom is -0.340 e. The van der Waals surface area contributed by atoms with Gasteiger partial charge in [-0.05, 0) is 45.5 Å². The smallest absolute Gasteiger partial charge is 0.253 e. The van der Waals surface area contributed by atoms with E-state index in [1.165, 1.54) is 19.3 Å². The Bertz CT molecular complexity index is 410. The summed E-state index contributed by atoms with van der Waals surface area (Å²) in [5, 5.41) is 0. The molecule has 0 aliphatic heterocycles. The fraction of sp³-hybridized carbons (Fsp3) is 0.533. The summed E-state index contributed by atoms with van der Waals surface area (Å²) in [6, 6.07) is 9.51. The number of carbonyl (C=O) groups is 1. The van der Waals surface area contributed by atoms with Gasteiger partial charge in [0.2, 0.25) is 0 Å². The van der Waals surface area contributed by atoms with Crippen LogP contribution < -0.4 is 0 Å². The zero-order valence-electron chi connectivity index (χ0n) is 11.5. The highest BCUT2D eigenvalue weighted by Crippen LogP contribution is 2.36. The molecule has 0 heterocycles. The van der Waals surface area contributed by atoms with E-state index in [0.717, 1.165) is 12.1 Å². The summed E-state index contributed by atoms with van der Waals surface area (Å²) in [7, 11) is 6.12. The zero-order valence-corrected chi connectivity index (χ0v) is 11.5. The summed E-state index contributed by atoms with van der Waals surface area (Å²) in [6.45, 7) is 0.813. The SMILES string of the molecule is CN(CC1(N(C)C)CCC1)C(=O)c1ccccc1. The lowest BCUT2D eigenvalue weighted by atomic mass is 9.75. The van der Waals surface area contributed by atoms with E-state index in [1.54, 1.807) is 0 Å². The molecule has 1 fully saturated rings. The molecule has 0 atom stereocenters. The first-order valence-corrected chi connectivity index (χ1v) is 6.53. The van der Waals surface area contributed by atoms with Gasteiger partial charge in [-0.25, -0.2) is 0 Å². The van der Waals surface area contributed by atoms with E-state index in [-0.39, 0.29) is 11.4 Å². The van der Waals surface area contributed by atoms with E-state index in [4.69, 9.17) is 0 Å². The minimum absolute atomic E-state index is 0.115. The number of hydrogen-bond donors (Lipinski definition) is 0.